The number of pyridine rings is 1. The molecule has 0 aliphatic carbocycles. The number of hydrogen-bond donors (Lipinski definition) is 2. The molecule has 148 valence electrons. The van der Waals surface area contributed by atoms with Crippen LogP contribution in [0.1, 0.15) is 22.3 Å². The van der Waals surface area contributed by atoms with Crippen LogP contribution in [0.25, 0.3) is 27.5 Å². The van der Waals surface area contributed by atoms with E-state index in [1.807, 2.05) is 31.2 Å². The molecule has 1 amide bonds. The highest BCUT2D eigenvalue weighted by atomic mass is 16.5. The maximum atomic E-state index is 12.9. The van der Waals surface area contributed by atoms with Gasteiger partial charge in [0.15, 0.2) is 0 Å². The zero-order valence-corrected chi connectivity index (χ0v) is 16.4. The Bertz CT molecular complexity index is 1240. The molecule has 0 saturated carbocycles. The molecule has 0 radical (unpaired) electrons. The van der Waals surface area contributed by atoms with Crippen LogP contribution in [0.3, 0.4) is 0 Å². The van der Waals surface area contributed by atoms with Gasteiger partial charge < -0.3 is 10.1 Å². The van der Waals surface area contributed by atoms with Gasteiger partial charge in [-0.05, 0) is 43.7 Å². The lowest BCUT2D eigenvalue weighted by atomic mass is 10.1. The number of amides is 1. The number of carbonyl (C=O) groups excluding carboxylic acids is 1. The molecular weight excluding hydrogens is 368 g/mol. The van der Waals surface area contributed by atoms with Gasteiger partial charge in [0.1, 0.15) is 0 Å². The monoisotopic (exact) mass is 390 g/mol. The van der Waals surface area contributed by atoms with Gasteiger partial charge >= 0.3 is 0 Å². The van der Waals surface area contributed by atoms with Gasteiger partial charge in [0.05, 0.1) is 22.1 Å². The molecule has 29 heavy (non-hydrogen) atoms. The zero-order chi connectivity index (χ0) is 20.4. The largest absolute Gasteiger partial charge is 0.385 e. The van der Waals surface area contributed by atoms with Crippen molar-refractivity contribution in [2.45, 2.75) is 13.3 Å². The quantitative estimate of drug-likeness (QED) is 0.496. The summed E-state index contributed by atoms with van der Waals surface area (Å²) in [5.41, 5.74) is 3.59. The maximum Gasteiger partial charge on any atom is 0.280 e. The minimum atomic E-state index is -0.173. The van der Waals surface area contributed by atoms with Crippen LogP contribution in [0.15, 0.2) is 53.5 Å². The van der Waals surface area contributed by atoms with E-state index in [0.717, 1.165) is 23.1 Å². The van der Waals surface area contributed by atoms with E-state index in [1.54, 1.807) is 31.5 Å². The molecule has 0 atom stereocenters. The highest BCUT2D eigenvalue weighted by Gasteiger charge is 2.14. The summed E-state index contributed by atoms with van der Waals surface area (Å²) >= 11 is 0. The normalized spacial score (nSPS) is 11.2. The lowest BCUT2D eigenvalue weighted by Crippen LogP contribution is -2.25. The van der Waals surface area contributed by atoms with Crippen molar-refractivity contribution in [2.75, 3.05) is 20.3 Å². The van der Waals surface area contributed by atoms with E-state index in [2.05, 4.69) is 15.4 Å². The van der Waals surface area contributed by atoms with Crippen molar-refractivity contribution in [3.63, 3.8) is 0 Å². The lowest BCUT2D eigenvalue weighted by Gasteiger charge is -2.06. The second-order valence-corrected chi connectivity index (χ2v) is 6.97. The molecule has 2 heterocycles. The van der Waals surface area contributed by atoms with Crippen molar-refractivity contribution >= 4 is 27.7 Å². The number of aromatic nitrogens is 3. The molecule has 4 aromatic rings. The van der Waals surface area contributed by atoms with Crippen molar-refractivity contribution in [1.29, 1.82) is 0 Å². The maximum absolute atomic E-state index is 12.9. The number of carbonyl (C=O) groups is 1. The highest BCUT2D eigenvalue weighted by molar-refractivity contribution is 6.06. The number of rotatable bonds is 6. The topological polar surface area (TPSA) is 89.0 Å². The number of aromatic amines is 1. The zero-order valence-electron chi connectivity index (χ0n) is 16.4. The molecule has 4 rings (SSSR count). The number of nitrogens with one attached hydrogen (secondary N) is 2. The van der Waals surface area contributed by atoms with Crippen molar-refractivity contribution < 1.29 is 9.53 Å². The molecule has 7 heteroatoms. The summed E-state index contributed by atoms with van der Waals surface area (Å²) in [5.74, 6) is -0.166. The minimum absolute atomic E-state index is 0.166. The Hall–Kier alpha value is -3.45. The number of fused-ring (bicyclic) bond motifs is 3. The van der Waals surface area contributed by atoms with Crippen LogP contribution < -0.4 is 10.9 Å². The molecule has 7 nitrogen and oxygen atoms in total. The van der Waals surface area contributed by atoms with Crippen LogP contribution >= 0.6 is 0 Å². The predicted octanol–water partition coefficient (Wildman–Crippen LogP) is 2.94. The second kappa shape index (κ2) is 7.89. The molecule has 0 saturated heterocycles. The van der Waals surface area contributed by atoms with Crippen LogP contribution in [0, 0.1) is 6.92 Å². The summed E-state index contributed by atoms with van der Waals surface area (Å²) in [7, 11) is 1.63. The van der Waals surface area contributed by atoms with E-state index in [9.17, 15) is 9.59 Å². The fraction of sp³-hybridized carbons (Fsp3) is 0.227. The standard InChI is InChI=1S/C22H22N4O3/c1-14-4-7-16(8-5-14)26-22(28)18-13-24-19-9-6-15(12-17(19)20(18)25-26)21(27)23-10-3-11-29-2/h4-9,12-13,25H,3,10-11H2,1-2H3,(H,23,27). The smallest absolute Gasteiger partial charge is 0.280 e. The Morgan fingerprint density at radius 3 is 2.72 bits per heavy atom. The van der Waals surface area contributed by atoms with Crippen LogP contribution in [0.4, 0.5) is 0 Å². The van der Waals surface area contributed by atoms with Crippen LogP contribution in [-0.4, -0.2) is 40.9 Å². The summed E-state index contributed by atoms with van der Waals surface area (Å²) in [6, 6.07) is 13.0. The summed E-state index contributed by atoms with van der Waals surface area (Å²) in [6.45, 7) is 3.13. The fourth-order valence-electron chi connectivity index (χ4n) is 3.30. The third kappa shape index (κ3) is 3.64. The van der Waals surface area contributed by atoms with Gasteiger partial charge in [-0.3, -0.25) is 19.7 Å². The van der Waals surface area contributed by atoms with Crippen molar-refractivity contribution in [3.05, 3.63) is 70.1 Å². The van der Waals surface area contributed by atoms with Gasteiger partial charge in [-0.25, -0.2) is 4.68 Å². The number of hydrogen-bond acceptors (Lipinski definition) is 4. The van der Waals surface area contributed by atoms with E-state index in [0.29, 0.717) is 35.1 Å². The molecule has 2 aromatic carbocycles. The molecule has 0 aliphatic rings. The van der Waals surface area contributed by atoms with E-state index < -0.39 is 0 Å². The van der Waals surface area contributed by atoms with Crippen LogP contribution in [-0.2, 0) is 4.74 Å². The van der Waals surface area contributed by atoms with Crippen LogP contribution in [0.2, 0.25) is 0 Å². The van der Waals surface area contributed by atoms with E-state index >= 15 is 0 Å². The number of methoxy groups -OCH3 is 1. The number of ether oxygens (including phenoxy) is 1. The molecule has 0 unspecified atom stereocenters. The van der Waals surface area contributed by atoms with E-state index in [4.69, 9.17) is 4.74 Å². The predicted molar refractivity (Wildman–Crippen MR) is 113 cm³/mol. The molecule has 0 bridgehead atoms. The fourth-order valence-corrected chi connectivity index (χ4v) is 3.30. The van der Waals surface area contributed by atoms with E-state index in [1.165, 1.54) is 4.68 Å². The lowest BCUT2D eigenvalue weighted by molar-refractivity contribution is 0.0948. The first-order chi connectivity index (χ1) is 14.1. The molecule has 0 spiro atoms. The molecule has 2 aromatic heterocycles. The summed E-state index contributed by atoms with van der Waals surface area (Å²) in [5, 5.41) is 7.28. The van der Waals surface area contributed by atoms with Crippen LogP contribution in [0.5, 0.6) is 0 Å². The first kappa shape index (κ1) is 18.9. The highest BCUT2D eigenvalue weighted by Crippen LogP contribution is 2.22. The molecular formula is C22H22N4O3. The number of H-pyrrole nitrogens is 1. The Labute approximate surface area is 167 Å². The summed E-state index contributed by atoms with van der Waals surface area (Å²) in [6.07, 6.45) is 2.32. The number of aryl methyl sites for hydroxylation is 1. The first-order valence-corrected chi connectivity index (χ1v) is 9.46. The molecule has 0 fully saturated rings. The van der Waals surface area contributed by atoms with Crippen molar-refractivity contribution in [3.8, 4) is 5.69 Å². The molecule has 0 aliphatic heterocycles. The Balaban J connectivity index is 1.76. The second-order valence-electron chi connectivity index (χ2n) is 6.97. The Kier molecular flexibility index (Phi) is 5.14. The summed E-state index contributed by atoms with van der Waals surface area (Å²) in [4.78, 5) is 29.7. The third-order valence-electron chi connectivity index (χ3n) is 4.89. The Morgan fingerprint density at radius 2 is 1.97 bits per heavy atom. The van der Waals surface area contributed by atoms with Gasteiger partial charge in [0, 0.05) is 37.4 Å². The first-order valence-electron chi connectivity index (χ1n) is 9.46. The third-order valence-corrected chi connectivity index (χ3v) is 4.89. The molecule has 2 N–H and O–H groups in total. The Morgan fingerprint density at radius 1 is 1.17 bits per heavy atom. The van der Waals surface area contributed by atoms with Gasteiger partial charge in [-0.2, -0.15) is 0 Å². The summed E-state index contributed by atoms with van der Waals surface area (Å²) < 4.78 is 6.50. The van der Waals surface area contributed by atoms with Crippen molar-refractivity contribution in [2.24, 2.45) is 0 Å². The van der Waals surface area contributed by atoms with Crippen molar-refractivity contribution in [1.82, 2.24) is 20.1 Å². The van der Waals surface area contributed by atoms with E-state index in [-0.39, 0.29) is 11.5 Å². The average molecular weight is 390 g/mol. The minimum Gasteiger partial charge on any atom is -0.385 e. The van der Waals surface area contributed by atoms with Gasteiger partial charge in [-0.15, -0.1) is 0 Å². The number of benzene rings is 2. The average Bonchev–Trinajstić information content (AvgIpc) is 3.08. The number of nitrogens with zero attached hydrogens (tertiary/aromatic N) is 2. The van der Waals surface area contributed by atoms with Gasteiger partial charge in [0.25, 0.3) is 11.5 Å². The van der Waals surface area contributed by atoms with Gasteiger partial charge in [0.2, 0.25) is 0 Å². The SMILES string of the molecule is COCCCNC(=O)c1ccc2ncc3c(=O)n(-c4ccc(C)cc4)[nH]c3c2c1. The van der Waals surface area contributed by atoms with Gasteiger partial charge in [-0.1, -0.05) is 17.7 Å².